The van der Waals surface area contributed by atoms with Crippen LogP contribution < -0.4 is 5.32 Å². The topological polar surface area (TPSA) is 58.6 Å². The fourth-order valence-corrected chi connectivity index (χ4v) is 3.40. The highest BCUT2D eigenvalue weighted by Crippen LogP contribution is 2.25. The summed E-state index contributed by atoms with van der Waals surface area (Å²) in [6.45, 7) is 6.04. The monoisotopic (exact) mass is 336 g/mol. The number of benzene rings is 1. The zero-order valence-corrected chi connectivity index (χ0v) is 14.5. The number of morpholine rings is 1. The summed E-state index contributed by atoms with van der Waals surface area (Å²) in [6.07, 6.45) is 0.712. The fourth-order valence-electron chi connectivity index (χ4n) is 2.41. The van der Waals surface area contributed by atoms with Crippen LogP contribution in [0.15, 0.2) is 35.2 Å². The summed E-state index contributed by atoms with van der Waals surface area (Å²) in [7, 11) is 0. The third-order valence-corrected chi connectivity index (χ3v) is 5.11. The molecule has 0 unspecified atom stereocenters. The maximum atomic E-state index is 12.4. The Morgan fingerprint density at radius 1 is 1.26 bits per heavy atom. The van der Waals surface area contributed by atoms with Crippen molar-refractivity contribution < 1.29 is 14.3 Å². The number of carbonyl (C=O) groups excluding carboxylic acids is 2. The van der Waals surface area contributed by atoms with Gasteiger partial charge in [-0.3, -0.25) is 9.59 Å². The number of hydrogen-bond acceptors (Lipinski definition) is 4. The Bertz CT molecular complexity index is 518. The summed E-state index contributed by atoms with van der Waals surface area (Å²) in [5.41, 5.74) is 0. The minimum absolute atomic E-state index is 0.0405. The van der Waals surface area contributed by atoms with Crippen molar-refractivity contribution in [3.63, 3.8) is 0 Å². The van der Waals surface area contributed by atoms with Crippen LogP contribution in [-0.4, -0.2) is 54.3 Å². The average molecular weight is 336 g/mol. The van der Waals surface area contributed by atoms with Crippen LogP contribution in [-0.2, 0) is 14.3 Å². The molecular weight excluding hydrogens is 312 g/mol. The quantitative estimate of drug-likeness (QED) is 0.807. The first-order valence-corrected chi connectivity index (χ1v) is 8.88. The van der Waals surface area contributed by atoms with Crippen molar-refractivity contribution in [3.05, 3.63) is 30.3 Å². The molecule has 1 fully saturated rings. The Balaban J connectivity index is 1.89. The van der Waals surface area contributed by atoms with E-state index >= 15 is 0 Å². The number of carbonyl (C=O) groups is 2. The van der Waals surface area contributed by atoms with E-state index in [9.17, 15) is 9.59 Å². The van der Waals surface area contributed by atoms with E-state index in [1.165, 1.54) is 11.8 Å². The molecule has 1 N–H and O–H groups in total. The maximum Gasteiger partial charge on any atom is 0.245 e. The lowest BCUT2D eigenvalue weighted by Crippen LogP contribution is -2.51. The molecule has 0 aliphatic carbocycles. The summed E-state index contributed by atoms with van der Waals surface area (Å²) >= 11 is 1.53. The van der Waals surface area contributed by atoms with Gasteiger partial charge in [-0.25, -0.2) is 0 Å². The Kier molecular flexibility index (Phi) is 6.92. The minimum Gasteiger partial charge on any atom is -0.378 e. The first kappa shape index (κ1) is 17.8. The van der Waals surface area contributed by atoms with Crippen LogP contribution in [0.25, 0.3) is 0 Å². The van der Waals surface area contributed by atoms with Gasteiger partial charge in [0.05, 0.1) is 18.5 Å². The van der Waals surface area contributed by atoms with Gasteiger partial charge >= 0.3 is 0 Å². The van der Waals surface area contributed by atoms with Crippen LogP contribution in [0.5, 0.6) is 0 Å². The average Bonchev–Trinajstić information content (AvgIpc) is 2.60. The number of amides is 2. The normalized spacial score (nSPS) is 17.4. The van der Waals surface area contributed by atoms with Crippen molar-refractivity contribution in [2.45, 2.75) is 36.5 Å². The van der Waals surface area contributed by atoms with Crippen LogP contribution in [0.1, 0.15) is 20.3 Å². The van der Waals surface area contributed by atoms with Gasteiger partial charge in [0.25, 0.3) is 0 Å². The molecule has 2 rings (SSSR count). The van der Waals surface area contributed by atoms with Gasteiger partial charge in [0.15, 0.2) is 0 Å². The van der Waals surface area contributed by atoms with Gasteiger partial charge in [0, 0.05) is 18.0 Å². The molecule has 1 saturated heterocycles. The molecule has 1 aromatic carbocycles. The lowest BCUT2D eigenvalue weighted by Gasteiger charge is -2.30. The first-order valence-electron chi connectivity index (χ1n) is 8.00. The molecule has 0 aromatic heterocycles. The predicted octanol–water partition coefficient (Wildman–Crippen LogP) is 1.92. The van der Waals surface area contributed by atoms with Gasteiger partial charge in [-0.1, -0.05) is 25.1 Å². The molecule has 1 aromatic rings. The van der Waals surface area contributed by atoms with Crippen molar-refractivity contribution in [2.24, 2.45) is 0 Å². The van der Waals surface area contributed by atoms with Crippen LogP contribution >= 0.6 is 11.8 Å². The Labute approximate surface area is 141 Å². The van der Waals surface area contributed by atoms with E-state index in [0.29, 0.717) is 32.7 Å². The van der Waals surface area contributed by atoms with E-state index in [1.807, 2.05) is 37.3 Å². The SMILES string of the molecule is CC[C@@H](Sc1ccccc1)C(=O)N[C@@H](C)C(=O)N1CCOCC1. The van der Waals surface area contributed by atoms with Gasteiger partial charge in [0.2, 0.25) is 11.8 Å². The number of ether oxygens (including phenoxy) is 1. The number of rotatable bonds is 6. The Morgan fingerprint density at radius 3 is 2.52 bits per heavy atom. The zero-order chi connectivity index (χ0) is 16.7. The molecule has 6 heteroatoms. The summed E-state index contributed by atoms with van der Waals surface area (Å²) < 4.78 is 5.25. The number of nitrogens with one attached hydrogen (secondary N) is 1. The fraction of sp³-hybridized carbons (Fsp3) is 0.529. The molecule has 1 aliphatic heterocycles. The second-order valence-corrected chi connectivity index (χ2v) is 6.77. The molecule has 0 spiro atoms. The number of hydrogen-bond donors (Lipinski definition) is 1. The van der Waals surface area contributed by atoms with E-state index in [4.69, 9.17) is 4.74 Å². The highest BCUT2D eigenvalue weighted by Gasteiger charge is 2.26. The standard InChI is InChI=1S/C17H24N2O3S/c1-3-15(23-14-7-5-4-6-8-14)16(20)18-13(2)17(21)19-9-11-22-12-10-19/h4-8,13,15H,3,9-12H2,1-2H3,(H,18,20)/t13-,15+/m0/s1. The number of thioether (sulfide) groups is 1. The van der Waals surface area contributed by atoms with Crippen LogP contribution in [0.4, 0.5) is 0 Å². The highest BCUT2D eigenvalue weighted by atomic mass is 32.2. The summed E-state index contributed by atoms with van der Waals surface area (Å²) in [5.74, 6) is -0.128. The third-order valence-electron chi connectivity index (χ3n) is 3.74. The first-order chi connectivity index (χ1) is 11.1. The Hall–Kier alpha value is -1.53. The molecule has 5 nitrogen and oxygen atoms in total. The Morgan fingerprint density at radius 2 is 1.91 bits per heavy atom. The van der Waals surface area contributed by atoms with Crippen LogP contribution in [0.2, 0.25) is 0 Å². The van der Waals surface area contributed by atoms with E-state index < -0.39 is 6.04 Å². The predicted molar refractivity (Wildman–Crippen MR) is 91.4 cm³/mol. The van der Waals surface area contributed by atoms with Crippen molar-refractivity contribution in [1.29, 1.82) is 0 Å². The van der Waals surface area contributed by atoms with E-state index in [2.05, 4.69) is 5.32 Å². The molecule has 0 saturated carbocycles. The lowest BCUT2D eigenvalue weighted by molar-refractivity contribution is -0.139. The molecule has 2 amide bonds. The smallest absolute Gasteiger partial charge is 0.245 e. The molecule has 126 valence electrons. The molecule has 23 heavy (non-hydrogen) atoms. The second kappa shape index (κ2) is 8.93. The summed E-state index contributed by atoms with van der Waals surface area (Å²) in [4.78, 5) is 27.6. The zero-order valence-electron chi connectivity index (χ0n) is 13.7. The van der Waals surface area contributed by atoms with Gasteiger partial charge in [-0.2, -0.15) is 0 Å². The van der Waals surface area contributed by atoms with Gasteiger partial charge in [-0.05, 0) is 25.5 Å². The molecule has 0 bridgehead atoms. The molecule has 1 aliphatic rings. The largest absolute Gasteiger partial charge is 0.378 e. The van der Waals surface area contributed by atoms with E-state index in [0.717, 1.165) is 4.90 Å². The molecule has 1 heterocycles. The van der Waals surface area contributed by atoms with Gasteiger partial charge < -0.3 is 15.0 Å². The molecule has 0 radical (unpaired) electrons. The second-order valence-electron chi connectivity index (χ2n) is 5.50. The van der Waals surface area contributed by atoms with Crippen LogP contribution in [0, 0.1) is 0 Å². The number of nitrogens with zero attached hydrogens (tertiary/aromatic N) is 1. The highest BCUT2D eigenvalue weighted by molar-refractivity contribution is 8.00. The minimum atomic E-state index is -0.508. The summed E-state index contributed by atoms with van der Waals surface area (Å²) in [6, 6.07) is 9.33. The van der Waals surface area contributed by atoms with E-state index in [1.54, 1.807) is 11.8 Å². The van der Waals surface area contributed by atoms with Gasteiger partial charge in [-0.15, -0.1) is 11.8 Å². The van der Waals surface area contributed by atoms with Crippen molar-refractivity contribution in [3.8, 4) is 0 Å². The molecular formula is C17H24N2O3S. The lowest BCUT2D eigenvalue weighted by atomic mass is 10.2. The molecule has 2 atom stereocenters. The van der Waals surface area contributed by atoms with Crippen molar-refractivity contribution in [2.75, 3.05) is 26.3 Å². The summed E-state index contributed by atoms with van der Waals surface area (Å²) in [5, 5.41) is 2.66. The van der Waals surface area contributed by atoms with Crippen LogP contribution in [0.3, 0.4) is 0 Å². The van der Waals surface area contributed by atoms with Crippen molar-refractivity contribution in [1.82, 2.24) is 10.2 Å². The van der Waals surface area contributed by atoms with Crippen molar-refractivity contribution >= 4 is 23.6 Å². The van der Waals surface area contributed by atoms with Gasteiger partial charge in [0.1, 0.15) is 6.04 Å². The maximum absolute atomic E-state index is 12.4. The third kappa shape index (κ3) is 5.25. The van der Waals surface area contributed by atoms with E-state index in [-0.39, 0.29) is 17.1 Å².